The number of aryl methyl sites for hydroxylation is 1. The van der Waals surface area contributed by atoms with E-state index in [4.69, 9.17) is 5.26 Å². The number of anilines is 2. The first-order chi connectivity index (χ1) is 16.3. The zero-order valence-electron chi connectivity index (χ0n) is 18.4. The highest BCUT2D eigenvalue weighted by Gasteiger charge is 2.19. The standard InChI is InChI=1S/C26H20N4O4/c1-15(31)28-19-7-3-5-17(12-19)20-8-4-6-18-13-23(30(2)24(18)20)25(32)29-22-10-9-16(14-27)11-21(22)26(33)34/h3-13H,1-2H3,(H,28,31)(H,29,32)(H,33,34). The number of fused-ring (bicyclic) bond motifs is 1. The van der Waals surface area contributed by atoms with E-state index in [1.165, 1.54) is 25.1 Å². The smallest absolute Gasteiger partial charge is 0.337 e. The van der Waals surface area contributed by atoms with Gasteiger partial charge in [-0.1, -0.05) is 30.3 Å². The van der Waals surface area contributed by atoms with Gasteiger partial charge in [0.15, 0.2) is 0 Å². The molecule has 0 spiro atoms. The Morgan fingerprint density at radius 3 is 2.44 bits per heavy atom. The van der Waals surface area contributed by atoms with Gasteiger partial charge in [-0.25, -0.2) is 4.79 Å². The number of carboxylic acids is 1. The van der Waals surface area contributed by atoms with Gasteiger partial charge in [-0.05, 0) is 42.0 Å². The highest BCUT2D eigenvalue weighted by atomic mass is 16.4. The SMILES string of the molecule is CC(=O)Nc1cccc(-c2cccc3cc(C(=O)Nc4ccc(C#N)cc4C(=O)O)n(C)c23)c1. The number of nitrogens with zero attached hydrogens (tertiary/aromatic N) is 2. The van der Waals surface area contributed by atoms with Crippen LogP contribution in [-0.4, -0.2) is 27.5 Å². The number of aromatic carboxylic acids is 1. The molecular weight excluding hydrogens is 432 g/mol. The highest BCUT2D eigenvalue weighted by Crippen LogP contribution is 2.32. The molecule has 1 aromatic heterocycles. The second-order valence-corrected chi connectivity index (χ2v) is 7.73. The molecule has 0 saturated carbocycles. The van der Waals surface area contributed by atoms with Crippen molar-refractivity contribution < 1.29 is 19.5 Å². The number of rotatable bonds is 5. The summed E-state index contributed by atoms with van der Waals surface area (Å²) in [4.78, 5) is 36.2. The summed E-state index contributed by atoms with van der Waals surface area (Å²) < 4.78 is 1.75. The maximum atomic E-state index is 13.1. The molecule has 3 N–H and O–H groups in total. The van der Waals surface area contributed by atoms with Gasteiger partial charge in [0.1, 0.15) is 5.69 Å². The average Bonchev–Trinajstić information content (AvgIpc) is 3.15. The molecule has 0 radical (unpaired) electrons. The molecule has 4 aromatic rings. The normalized spacial score (nSPS) is 10.5. The quantitative estimate of drug-likeness (QED) is 0.407. The molecule has 0 fully saturated rings. The predicted octanol–water partition coefficient (Wildman–Crippen LogP) is 4.63. The molecule has 0 bridgehead atoms. The molecule has 2 amide bonds. The lowest BCUT2D eigenvalue weighted by molar-refractivity contribution is -0.114. The molecule has 0 saturated heterocycles. The van der Waals surface area contributed by atoms with Crippen LogP contribution < -0.4 is 10.6 Å². The first-order valence-electron chi connectivity index (χ1n) is 10.3. The van der Waals surface area contributed by atoms with Gasteiger partial charge >= 0.3 is 5.97 Å². The van der Waals surface area contributed by atoms with Crippen LogP contribution in [0, 0.1) is 11.3 Å². The van der Waals surface area contributed by atoms with E-state index in [-0.39, 0.29) is 22.7 Å². The number of nitriles is 1. The number of aromatic nitrogens is 1. The lowest BCUT2D eigenvalue weighted by atomic mass is 10.0. The zero-order valence-corrected chi connectivity index (χ0v) is 18.4. The maximum Gasteiger partial charge on any atom is 0.337 e. The number of carbonyl (C=O) groups is 3. The zero-order chi connectivity index (χ0) is 24.4. The second-order valence-electron chi connectivity index (χ2n) is 7.73. The number of carbonyl (C=O) groups excluding carboxylic acids is 2. The Morgan fingerprint density at radius 1 is 0.971 bits per heavy atom. The molecule has 34 heavy (non-hydrogen) atoms. The third-order valence-corrected chi connectivity index (χ3v) is 5.41. The topological polar surface area (TPSA) is 124 Å². The fraction of sp³-hybridized carbons (Fsp3) is 0.0769. The van der Waals surface area contributed by atoms with Gasteiger partial charge < -0.3 is 20.3 Å². The molecule has 0 atom stereocenters. The third kappa shape index (κ3) is 4.23. The van der Waals surface area contributed by atoms with Crippen LogP contribution in [0.2, 0.25) is 0 Å². The van der Waals surface area contributed by atoms with Crippen LogP contribution >= 0.6 is 0 Å². The lowest BCUT2D eigenvalue weighted by Gasteiger charge is -2.11. The second kappa shape index (κ2) is 8.92. The Morgan fingerprint density at radius 2 is 1.74 bits per heavy atom. The molecule has 0 unspecified atom stereocenters. The van der Waals surface area contributed by atoms with Gasteiger partial charge in [0.2, 0.25) is 5.91 Å². The van der Waals surface area contributed by atoms with Gasteiger partial charge in [0.25, 0.3) is 5.91 Å². The molecule has 8 nitrogen and oxygen atoms in total. The Bertz CT molecular complexity index is 1510. The monoisotopic (exact) mass is 452 g/mol. The van der Waals surface area contributed by atoms with Crippen molar-refractivity contribution in [1.82, 2.24) is 4.57 Å². The Hall–Kier alpha value is -4.90. The Balaban J connectivity index is 1.75. The minimum atomic E-state index is -1.24. The van der Waals surface area contributed by atoms with Crippen LogP contribution in [0.3, 0.4) is 0 Å². The number of amides is 2. The number of nitrogens with one attached hydrogen (secondary N) is 2. The lowest BCUT2D eigenvalue weighted by Crippen LogP contribution is -2.17. The van der Waals surface area contributed by atoms with Crippen LogP contribution in [0.5, 0.6) is 0 Å². The molecule has 0 aliphatic heterocycles. The van der Waals surface area contributed by atoms with Crippen molar-refractivity contribution in [2.45, 2.75) is 6.92 Å². The highest BCUT2D eigenvalue weighted by molar-refractivity contribution is 6.10. The number of hydrogen-bond acceptors (Lipinski definition) is 4. The van der Waals surface area contributed by atoms with E-state index in [0.29, 0.717) is 11.4 Å². The summed E-state index contributed by atoms with van der Waals surface area (Å²) >= 11 is 0. The summed E-state index contributed by atoms with van der Waals surface area (Å²) in [5.41, 5.74) is 3.67. The van der Waals surface area contributed by atoms with Crippen LogP contribution in [0.4, 0.5) is 11.4 Å². The van der Waals surface area contributed by atoms with Gasteiger partial charge in [-0.3, -0.25) is 9.59 Å². The van der Waals surface area contributed by atoms with Crippen molar-refractivity contribution in [3.63, 3.8) is 0 Å². The van der Waals surface area contributed by atoms with Crippen molar-refractivity contribution in [1.29, 1.82) is 5.26 Å². The van der Waals surface area contributed by atoms with Crippen LogP contribution in [0.15, 0.2) is 66.7 Å². The summed E-state index contributed by atoms with van der Waals surface area (Å²) in [5, 5.41) is 24.8. The molecule has 0 aliphatic rings. The molecule has 0 aliphatic carbocycles. The minimum Gasteiger partial charge on any atom is -0.478 e. The fourth-order valence-electron chi connectivity index (χ4n) is 3.92. The van der Waals surface area contributed by atoms with E-state index >= 15 is 0 Å². The molecule has 8 heteroatoms. The van der Waals surface area contributed by atoms with Crippen molar-refractivity contribution in [3.05, 3.63) is 83.6 Å². The van der Waals surface area contributed by atoms with Gasteiger partial charge in [0.05, 0.1) is 28.4 Å². The Labute approximate surface area is 195 Å². The van der Waals surface area contributed by atoms with Crippen molar-refractivity contribution in [3.8, 4) is 17.2 Å². The van der Waals surface area contributed by atoms with E-state index in [2.05, 4.69) is 10.6 Å². The van der Waals surface area contributed by atoms with E-state index in [1.54, 1.807) is 23.7 Å². The number of benzene rings is 3. The van der Waals surface area contributed by atoms with E-state index in [1.807, 2.05) is 42.5 Å². The van der Waals surface area contributed by atoms with Crippen molar-refractivity contribution >= 4 is 40.1 Å². The maximum absolute atomic E-state index is 13.1. The molecule has 3 aromatic carbocycles. The van der Waals surface area contributed by atoms with E-state index in [0.717, 1.165) is 22.0 Å². The molecule has 4 rings (SSSR count). The molecule has 168 valence electrons. The summed E-state index contributed by atoms with van der Waals surface area (Å²) in [6, 6.07) is 20.8. The first kappa shape index (κ1) is 22.3. The molecule has 1 heterocycles. The van der Waals surface area contributed by atoms with Gasteiger partial charge in [-0.2, -0.15) is 5.26 Å². The van der Waals surface area contributed by atoms with Crippen LogP contribution in [0.1, 0.15) is 33.3 Å². The predicted molar refractivity (Wildman–Crippen MR) is 129 cm³/mol. The summed E-state index contributed by atoms with van der Waals surface area (Å²) in [6.45, 7) is 1.44. The third-order valence-electron chi connectivity index (χ3n) is 5.41. The van der Waals surface area contributed by atoms with E-state index in [9.17, 15) is 19.5 Å². The van der Waals surface area contributed by atoms with Crippen LogP contribution in [0.25, 0.3) is 22.0 Å². The van der Waals surface area contributed by atoms with E-state index < -0.39 is 11.9 Å². The van der Waals surface area contributed by atoms with Crippen molar-refractivity contribution in [2.24, 2.45) is 7.05 Å². The Kier molecular flexibility index (Phi) is 5.85. The average molecular weight is 452 g/mol. The number of para-hydroxylation sites is 1. The summed E-state index contributed by atoms with van der Waals surface area (Å²) in [5.74, 6) is -1.90. The largest absolute Gasteiger partial charge is 0.478 e. The molecular formula is C26H20N4O4. The fourth-order valence-corrected chi connectivity index (χ4v) is 3.92. The summed E-state index contributed by atoms with van der Waals surface area (Å²) in [6.07, 6.45) is 0. The van der Waals surface area contributed by atoms with Gasteiger partial charge in [-0.15, -0.1) is 0 Å². The number of carboxylic acid groups (broad SMARTS) is 1. The minimum absolute atomic E-state index is 0.102. The summed E-state index contributed by atoms with van der Waals surface area (Å²) in [7, 11) is 1.76. The number of hydrogen-bond donors (Lipinski definition) is 3. The first-order valence-corrected chi connectivity index (χ1v) is 10.3. The van der Waals surface area contributed by atoms with Crippen molar-refractivity contribution in [2.75, 3.05) is 10.6 Å². The van der Waals surface area contributed by atoms with Crippen LogP contribution in [-0.2, 0) is 11.8 Å². The van der Waals surface area contributed by atoms with Gasteiger partial charge in [0, 0.05) is 30.6 Å².